The molecule has 0 spiro atoms. The van der Waals surface area contributed by atoms with Crippen LogP contribution < -0.4 is 0 Å². The van der Waals surface area contributed by atoms with Gasteiger partial charge >= 0.3 is 0 Å². The number of piperazine rings is 1. The number of fused-ring (bicyclic) bond motifs is 1. The summed E-state index contributed by atoms with van der Waals surface area (Å²) in [4.78, 5) is 21.9. The number of hydrogen-bond acceptors (Lipinski definition) is 7. The second-order valence-electron chi connectivity index (χ2n) is 7.37. The molecular formula is C21H20FN5O3S. The molecule has 0 radical (unpaired) electrons. The number of nitrogens with zero attached hydrogens (tertiary/aromatic N) is 5. The summed E-state index contributed by atoms with van der Waals surface area (Å²) in [6.07, 6.45) is 1.48. The summed E-state index contributed by atoms with van der Waals surface area (Å²) in [6.45, 7) is 3.70. The minimum absolute atomic E-state index is 0.0389. The normalized spacial score (nSPS) is 16.1. The van der Waals surface area contributed by atoms with Gasteiger partial charge in [-0.1, -0.05) is 29.5 Å². The number of aromatic hydroxyl groups is 1. The number of halogens is 1. The molecule has 4 aromatic rings. The molecule has 5 rings (SSSR count). The Labute approximate surface area is 181 Å². The highest BCUT2D eigenvalue weighted by Gasteiger charge is 2.34. The highest BCUT2D eigenvalue weighted by Crippen LogP contribution is 2.41. The van der Waals surface area contributed by atoms with Crippen LogP contribution in [0.4, 0.5) is 4.39 Å². The Bertz CT molecular complexity index is 1230. The van der Waals surface area contributed by atoms with Crippen LogP contribution in [0.1, 0.15) is 32.9 Å². The van der Waals surface area contributed by atoms with Gasteiger partial charge < -0.3 is 14.4 Å². The van der Waals surface area contributed by atoms with E-state index in [0.717, 1.165) is 0 Å². The number of amides is 1. The molecule has 31 heavy (non-hydrogen) atoms. The number of aromatic nitrogens is 3. The Balaban J connectivity index is 1.47. The standard InChI is InChI=1S/C21H20FN5O3S/c1-13-23-21-27(24-13)20(29)18(31-21)17(14-5-2-3-6-15(14)22)25-8-10-26(11-9-25)19(28)16-7-4-12-30-16/h2-7,12,17,29H,8-11H2,1H3/t17-/m0/s1. The van der Waals surface area contributed by atoms with Gasteiger partial charge in [0.1, 0.15) is 11.6 Å². The van der Waals surface area contributed by atoms with Crippen LogP contribution in [0.2, 0.25) is 0 Å². The quantitative estimate of drug-likeness (QED) is 0.524. The summed E-state index contributed by atoms with van der Waals surface area (Å²) in [7, 11) is 0. The van der Waals surface area contributed by atoms with E-state index in [1.165, 1.54) is 28.2 Å². The maximum atomic E-state index is 14.8. The van der Waals surface area contributed by atoms with Crippen LogP contribution >= 0.6 is 11.3 Å². The summed E-state index contributed by atoms with van der Waals surface area (Å²) < 4.78 is 21.4. The van der Waals surface area contributed by atoms with E-state index < -0.39 is 6.04 Å². The van der Waals surface area contributed by atoms with Gasteiger partial charge in [-0.3, -0.25) is 9.69 Å². The molecule has 160 valence electrons. The van der Waals surface area contributed by atoms with Crippen molar-refractivity contribution in [2.75, 3.05) is 26.2 Å². The van der Waals surface area contributed by atoms with Gasteiger partial charge in [0.25, 0.3) is 5.91 Å². The predicted molar refractivity (Wildman–Crippen MR) is 112 cm³/mol. The van der Waals surface area contributed by atoms with E-state index in [1.807, 2.05) is 0 Å². The summed E-state index contributed by atoms with van der Waals surface area (Å²) in [5.74, 6) is 0.307. The Kier molecular flexibility index (Phi) is 4.95. The molecule has 1 fully saturated rings. The van der Waals surface area contributed by atoms with Crippen molar-refractivity contribution in [2.45, 2.75) is 13.0 Å². The molecule has 1 amide bonds. The maximum Gasteiger partial charge on any atom is 0.289 e. The van der Waals surface area contributed by atoms with Gasteiger partial charge in [-0.05, 0) is 25.1 Å². The van der Waals surface area contributed by atoms with Crippen molar-refractivity contribution in [1.82, 2.24) is 24.4 Å². The Hall–Kier alpha value is -3.24. The third-order valence-electron chi connectivity index (χ3n) is 5.45. The van der Waals surface area contributed by atoms with Gasteiger partial charge in [-0.25, -0.2) is 9.37 Å². The van der Waals surface area contributed by atoms with Crippen molar-refractivity contribution in [3.05, 3.63) is 70.5 Å². The van der Waals surface area contributed by atoms with Crippen LogP contribution in [0.15, 0.2) is 47.1 Å². The van der Waals surface area contributed by atoms with Crippen molar-refractivity contribution < 1.29 is 18.7 Å². The number of benzene rings is 1. The minimum atomic E-state index is -0.518. The average Bonchev–Trinajstić information content (AvgIpc) is 3.49. The third kappa shape index (κ3) is 3.47. The van der Waals surface area contributed by atoms with E-state index in [9.17, 15) is 14.3 Å². The molecule has 8 nitrogen and oxygen atoms in total. The fourth-order valence-corrected chi connectivity index (χ4v) is 5.12. The fraction of sp³-hybridized carbons (Fsp3) is 0.286. The minimum Gasteiger partial charge on any atom is -0.492 e. The van der Waals surface area contributed by atoms with Crippen molar-refractivity contribution in [2.24, 2.45) is 0 Å². The topological polar surface area (TPSA) is 87.1 Å². The van der Waals surface area contributed by atoms with Crippen molar-refractivity contribution >= 4 is 22.2 Å². The van der Waals surface area contributed by atoms with E-state index in [4.69, 9.17) is 4.42 Å². The van der Waals surface area contributed by atoms with Gasteiger partial charge in [0.2, 0.25) is 10.8 Å². The Morgan fingerprint density at radius 1 is 1.19 bits per heavy atom. The predicted octanol–water partition coefficient (Wildman–Crippen LogP) is 3.08. The van der Waals surface area contributed by atoms with E-state index in [-0.39, 0.29) is 17.6 Å². The summed E-state index contributed by atoms with van der Waals surface area (Å²) in [5, 5.41) is 15.1. The van der Waals surface area contributed by atoms with Gasteiger partial charge in [0.15, 0.2) is 5.76 Å². The second kappa shape index (κ2) is 7.78. The molecule has 1 saturated heterocycles. The van der Waals surface area contributed by atoms with E-state index in [0.29, 0.717) is 53.2 Å². The zero-order chi connectivity index (χ0) is 21.5. The molecule has 1 aliphatic heterocycles. The lowest BCUT2D eigenvalue weighted by atomic mass is 10.0. The second-order valence-corrected chi connectivity index (χ2v) is 8.38. The number of carbonyl (C=O) groups excluding carboxylic acids is 1. The molecule has 10 heteroatoms. The molecule has 0 saturated carbocycles. The number of thiazole rings is 1. The molecule has 4 heterocycles. The van der Waals surface area contributed by atoms with Crippen molar-refractivity contribution in [1.29, 1.82) is 0 Å². The molecule has 1 aliphatic rings. The number of rotatable bonds is 4. The first kappa shape index (κ1) is 19.7. The summed E-state index contributed by atoms with van der Waals surface area (Å²) in [6, 6.07) is 9.37. The van der Waals surface area contributed by atoms with Crippen LogP contribution in [-0.2, 0) is 0 Å². The van der Waals surface area contributed by atoms with Crippen molar-refractivity contribution in [3.63, 3.8) is 0 Å². The molecule has 1 aromatic carbocycles. The lowest BCUT2D eigenvalue weighted by Gasteiger charge is -2.38. The number of carbonyl (C=O) groups is 1. The van der Waals surface area contributed by atoms with Gasteiger partial charge in [0, 0.05) is 31.7 Å². The van der Waals surface area contributed by atoms with Gasteiger partial charge in [0.05, 0.1) is 17.2 Å². The van der Waals surface area contributed by atoms with E-state index in [1.54, 1.807) is 42.2 Å². The highest BCUT2D eigenvalue weighted by atomic mass is 32.1. The van der Waals surface area contributed by atoms with Crippen LogP contribution in [-0.4, -0.2) is 61.6 Å². The molecule has 3 aromatic heterocycles. The molecule has 1 atom stereocenters. The first-order chi connectivity index (χ1) is 15.0. The number of aryl methyl sites for hydroxylation is 1. The maximum absolute atomic E-state index is 14.8. The molecule has 0 aliphatic carbocycles. The highest BCUT2D eigenvalue weighted by molar-refractivity contribution is 7.17. The van der Waals surface area contributed by atoms with Crippen LogP contribution in [0, 0.1) is 12.7 Å². The average molecular weight is 441 g/mol. The first-order valence-electron chi connectivity index (χ1n) is 9.89. The number of hydrogen-bond donors (Lipinski definition) is 1. The monoisotopic (exact) mass is 441 g/mol. The SMILES string of the molecule is Cc1nc2sc([C@H](c3ccccc3F)N3CCN(C(=O)c4ccco4)CC3)c(O)n2n1. The van der Waals surface area contributed by atoms with Crippen LogP contribution in [0.5, 0.6) is 5.88 Å². The molecular weight excluding hydrogens is 421 g/mol. The third-order valence-corrected chi connectivity index (χ3v) is 6.52. The Morgan fingerprint density at radius 3 is 2.65 bits per heavy atom. The molecule has 0 bridgehead atoms. The van der Waals surface area contributed by atoms with Crippen LogP contribution in [0.25, 0.3) is 4.96 Å². The summed E-state index contributed by atoms with van der Waals surface area (Å²) in [5.41, 5.74) is 0.463. The molecule has 1 N–H and O–H groups in total. The number of furan rings is 1. The van der Waals surface area contributed by atoms with E-state index in [2.05, 4.69) is 15.0 Å². The van der Waals surface area contributed by atoms with Gasteiger partial charge in [-0.15, -0.1) is 5.10 Å². The fourth-order valence-electron chi connectivity index (χ4n) is 3.97. The lowest BCUT2D eigenvalue weighted by Crippen LogP contribution is -2.49. The first-order valence-corrected chi connectivity index (χ1v) is 10.7. The van der Waals surface area contributed by atoms with E-state index >= 15 is 0 Å². The Morgan fingerprint density at radius 2 is 1.97 bits per heavy atom. The van der Waals surface area contributed by atoms with Crippen LogP contribution in [0.3, 0.4) is 0 Å². The lowest BCUT2D eigenvalue weighted by molar-refractivity contribution is 0.0565. The summed E-state index contributed by atoms with van der Waals surface area (Å²) >= 11 is 1.29. The zero-order valence-corrected chi connectivity index (χ0v) is 17.5. The smallest absolute Gasteiger partial charge is 0.289 e. The van der Waals surface area contributed by atoms with Gasteiger partial charge in [-0.2, -0.15) is 4.52 Å². The largest absolute Gasteiger partial charge is 0.492 e. The molecule has 0 unspecified atom stereocenters. The van der Waals surface area contributed by atoms with Crippen molar-refractivity contribution in [3.8, 4) is 5.88 Å². The zero-order valence-electron chi connectivity index (χ0n) is 16.7.